The Morgan fingerprint density at radius 2 is 1.96 bits per heavy atom. The molecule has 0 spiro atoms. The number of hydrogen-bond donors (Lipinski definition) is 2. The molecule has 1 saturated carbocycles. The first-order valence-corrected chi connectivity index (χ1v) is 10.1. The fourth-order valence-electron chi connectivity index (χ4n) is 3.09. The fraction of sp³-hybridized carbons (Fsp3) is 0.389. The summed E-state index contributed by atoms with van der Waals surface area (Å²) in [6.45, 7) is 2.68. The van der Waals surface area contributed by atoms with Gasteiger partial charge in [-0.25, -0.2) is 18.5 Å². The zero-order valence-corrected chi connectivity index (χ0v) is 15.8. The van der Waals surface area contributed by atoms with E-state index >= 15 is 0 Å². The van der Waals surface area contributed by atoms with Crippen molar-refractivity contribution in [1.29, 1.82) is 5.26 Å². The Bertz CT molecular complexity index is 961. The molecular formula is C18H21N5O3S. The number of nitrogens with two attached hydrogens (primary N) is 1. The lowest BCUT2D eigenvalue weighted by Gasteiger charge is -2.23. The van der Waals surface area contributed by atoms with Crippen LogP contribution in [0.3, 0.4) is 0 Å². The zero-order valence-electron chi connectivity index (χ0n) is 15.0. The number of nitrogens with zero attached hydrogens (tertiary/aromatic N) is 3. The van der Waals surface area contributed by atoms with Crippen molar-refractivity contribution < 1.29 is 13.2 Å². The van der Waals surface area contributed by atoms with Gasteiger partial charge < -0.3 is 10.1 Å². The van der Waals surface area contributed by atoms with E-state index in [0.717, 1.165) is 12.8 Å². The number of nitriles is 1. The van der Waals surface area contributed by atoms with Crippen molar-refractivity contribution in [1.82, 2.24) is 9.97 Å². The average molecular weight is 387 g/mol. The van der Waals surface area contributed by atoms with E-state index in [-0.39, 0.29) is 27.7 Å². The predicted molar refractivity (Wildman–Crippen MR) is 99.9 cm³/mol. The van der Waals surface area contributed by atoms with Crippen LogP contribution in [0.1, 0.15) is 38.2 Å². The molecule has 0 unspecified atom stereocenters. The molecule has 0 atom stereocenters. The zero-order chi connectivity index (χ0) is 19.5. The van der Waals surface area contributed by atoms with Gasteiger partial charge in [-0.15, -0.1) is 0 Å². The number of anilines is 2. The first-order valence-electron chi connectivity index (χ1n) is 8.59. The van der Waals surface area contributed by atoms with Crippen molar-refractivity contribution in [2.75, 3.05) is 11.9 Å². The van der Waals surface area contributed by atoms with Crippen molar-refractivity contribution in [3.05, 3.63) is 36.0 Å². The van der Waals surface area contributed by atoms with Crippen LogP contribution in [0.25, 0.3) is 0 Å². The number of primary sulfonamides is 1. The van der Waals surface area contributed by atoms with Gasteiger partial charge in [-0.1, -0.05) is 19.8 Å². The lowest BCUT2D eigenvalue weighted by Crippen LogP contribution is -2.22. The van der Waals surface area contributed by atoms with E-state index in [1.165, 1.54) is 31.2 Å². The van der Waals surface area contributed by atoms with Gasteiger partial charge in [0.1, 0.15) is 11.6 Å². The molecule has 1 fully saturated rings. The van der Waals surface area contributed by atoms with Crippen molar-refractivity contribution in [3.8, 4) is 11.9 Å². The van der Waals surface area contributed by atoms with Gasteiger partial charge in [-0.3, -0.25) is 0 Å². The average Bonchev–Trinajstić information content (AvgIpc) is 3.07. The van der Waals surface area contributed by atoms with E-state index < -0.39 is 10.0 Å². The highest BCUT2D eigenvalue weighted by atomic mass is 32.2. The summed E-state index contributed by atoms with van der Waals surface area (Å²) in [5.41, 5.74) is 0.960. The molecule has 3 N–H and O–H groups in total. The molecule has 0 amide bonds. The molecule has 1 aromatic carbocycles. The first kappa shape index (κ1) is 19.1. The minimum absolute atomic E-state index is 0.0163. The summed E-state index contributed by atoms with van der Waals surface area (Å²) in [7, 11) is -3.74. The van der Waals surface area contributed by atoms with Crippen molar-refractivity contribution in [3.63, 3.8) is 0 Å². The SMILES string of the molecule is CC1(COc2nc(Nc3ccc(S(N)(=O)=O)cc3)ncc2C#N)CCCC1. The molecular weight excluding hydrogens is 366 g/mol. The third-order valence-electron chi connectivity index (χ3n) is 4.68. The molecule has 1 aliphatic rings. The topological polar surface area (TPSA) is 131 Å². The fourth-order valence-corrected chi connectivity index (χ4v) is 3.60. The highest BCUT2D eigenvalue weighted by Gasteiger charge is 2.30. The molecule has 0 saturated heterocycles. The summed E-state index contributed by atoms with van der Waals surface area (Å²) < 4.78 is 28.5. The maximum Gasteiger partial charge on any atom is 0.238 e. The van der Waals surface area contributed by atoms with Gasteiger partial charge in [0.15, 0.2) is 0 Å². The summed E-state index contributed by atoms with van der Waals surface area (Å²) in [5.74, 6) is 0.494. The highest BCUT2D eigenvalue weighted by Crippen LogP contribution is 2.38. The van der Waals surface area contributed by atoms with E-state index in [4.69, 9.17) is 9.88 Å². The van der Waals surface area contributed by atoms with Gasteiger partial charge in [-0.2, -0.15) is 10.2 Å². The Labute approximate surface area is 158 Å². The normalized spacial score (nSPS) is 15.9. The van der Waals surface area contributed by atoms with Gasteiger partial charge >= 0.3 is 0 Å². The molecule has 0 bridgehead atoms. The molecule has 1 heterocycles. The molecule has 2 aromatic rings. The summed E-state index contributed by atoms with van der Waals surface area (Å²) >= 11 is 0. The van der Waals surface area contributed by atoms with Crippen molar-refractivity contribution >= 4 is 21.7 Å². The van der Waals surface area contributed by atoms with Crippen LogP contribution in [-0.4, -0.2) is 25.0 Å². The van der Waals surface area contributed by atoms with Crippen LogP contribution in [-0.2, 0) is 10.0 Å². The number of aromatic nitrogens is 2. The molecule has 9 heteroatoms. The van der Waals surface area contributed by atoms with E-state index in [1.54, 1.807) is 12.1 Å². The van der Waals surface area contributed by atoms with Crippen molar-refractivity contribution in [2.24, 2.45) is 10.6 Å². The lowest BCUT2D eigenvalue weighted by atomic mass is 9.90. The van der Waals surface area contributed by atoms with Crippen LogP contribution in [0.15, 0.2) is 35.4 Å². The number of benzene rings is 1. The maximum absolute atomic E-state index is 11.3. The number of sulfonamides is 1. The van der Waals surface area contributed by atoms with Crippen LogP contribution >= 0.6 is 0 Å². The highest BCUT2D eigenvalue weighted by molar-refractivity contribution is 7.89. The van der Waals surface area contributed by atoms with Crippen LogP contribution in [0.4, 0.5) is 11.6 Å². The Kier molecular flexibility index (Phi) is 5.30. The molecule has 8 nitrogen and oxygen atoms in total. The summed E-state index contributed by atoms with van der Waals surface area (Å²) in [5, 5.41) is 17.3. The van der Waals surface area contributed by atoms with E-state index in [0.29, 0.717) is 12.3 Å². The second-order valence-corrected chi connectivity index (χ2v) is 8.59. The quantitative estimate of drug-likeness (QED) is 0.779. The molecule has 3 rings (SSSR count). The minimum Gasteiger partial charge on any atom is -0.476 e. The van der Waals surface area contributed by atoms with Gasteiger partial charge in [0.2, 0.25) is 21.9 Å². The molecule has 1 aliphatic carbocycles. The molecule has 142 valence electrons. The van der Waals surface area contributed by atoms with E-state index in [2.05, 4.69) is 22.2 Å². The number of hydrogen-bond acceptors (Lipinski definition) is 7. The molecule has 0 radical (unpaired) electrons. The van der Waals surface area contributed by atoms with Gasteiger partial charge in [-0.05, 0) is 37.1 Å². The van der Waals surface area contributed by atoms with Crippen LogP contribution in [0.2, 0.25) is 0 Å². The Balaban J connectivity index is 1.75. The number of ether oxygens (including phenoxy) is 1. The minimum atomic E-state index is -3.74. The van der Waals surface area contributed by atoms with E-state index in [9.17, 15) is 13.7 Å². The smallest absolute Gasteiger partial charge is 0.238 e. The summed E-state index contributed by atoms with van der Waals surface area (Å²) in [4.78, 5) is 8.41. The monoisotopic (exact) mass is 387 g/mol. The Morgan fingerprint density at radius 1 is 1.30 bits per heavy atom. The van der Waals surface area contributed by atoms with Crippen LogP contribution < -0.4 is 15.2 Å². The van der Waals surface area contributed by atoms with Gasteiger partial charge in [0, 0.05) is 11.1 Å². The van der Waals surface area contributed by atoms with Crippen molar-refractivity contribution in [2.45, 2.75) is 37.5 Å². The lowest BCUT2D eigenvalue weighted by molar-refractivity contribution is 0.162. The standard InChI is InChI=1S/C18H21N5O3S/c1-18(8-2-3-9-18)12-26-16-13(10-19)11-21-17(23-16)22-14-4-6-15(7-5-14)27(20,24)25/h4-7,11H,2-3,8-9,12H2,1H3,(H2,20,24,25)(H,21,22,23). The molecule has 27 heavy (non-hydrogen) atoms. The van der Waals surface area contributed by atoms with Gasteiger partial charge in [0.05, 0.1) is 17.7 Å². The predicted octanol–water partition coefficient (Wildman–Crippen LogP) is 2.70. The number of rotatable bonds is 6. The Morgan fingerprint density at radius 3 is 2.56 bits per heavy atom. The number of nitrogens with one attached hydrogen (secondary N) is 1. The first-order chi connectivity index (χ1) is 12.8. The summed E-state index contributed by atoms with van der Waals surface area (Å²) in [6, 6.07) is 7.93. The maximum atomic E-state index is 11.3. The van der Waals surface area contributed by atoms with Crippen LogP contribution in [0, 0.1) is 16.7 Å². The Hall–Kier alpha value is -2.70. The molecule has 1 aromatic heterocycles. The second kappa shape index (κ2) is 7.50. The third kappa shape index (κ3) is 4.72. The third-order valence-corrected chi connectivity index (χ3v) is 5.61. The van der Waals surface area contributed by atoms with Crippen LogP contribution in [0.5, 0.6) is 5.88 Å². The molecule has 0 aliphatic heterocycles. The largest absolute Gasteiger partial charge is 0.476 e. The van der Waals surface area contributed by atoms with E-state index in [1.807, 2.05) is 6.07 Å². The second-order valence-electron chi connectivity index (χ2n) is 7.03. The van der Waals surface area contributed by atoms with Gasteiger partial charge in [0.25, 0.3) is 0 Å². The summed E-state index contributed by atoms with van der Waals surface area (Å²) in [6.07, 6.45) is 5.98.